The average Bonchev–Trinajstić information content (AvgIpc) is 2.36. The lowest BCUT2D eigenvalue weighted by Crippen LogP contribution is -2.30. The molecular weight excluding hydrogens is 296 g/mol. The Kier molecular flexibility index (Phi) is 5.85. The Bertz CT molecular complexity index is 418. The molecule has 18 heavy (non-hydrogen) atoms. The van der Waals surface area contributed by atoms with Crippen molar-refractivity contribution in [1.82, 2.24) is 5.32 Å². The minimum atomic E-state index is -0.142. The van der Waals surface area contributed by atoms with E-state index in [0.717, 1.165) is 17.7 Å². The summed E-state index contributed by atoms with van der Waals surface area (Å²) in [6, 6.07) is 7.38. The summed E-state index contributed by atoms with van der Waals surface area (Å²) in [6.45, 7) is 3.90. The molecule has 1 unspecified atom stereocenters. The molecule has 0 fully saturated rings. The maximum atomic E-state index is 11.5. The van der Waals surface area contributed by atoms with Crippen molar-refractivity contribution in [3.05, 3.63) is 29.8 Å². The van der Waals surface area contributed by atoms with Gasteiger partial charge in [0.05, 0.1) is 4.83 Å². The number of amides is 2. The van der Waals surface area contributed by atoms with Crippen LogP contribution in [-0.4, -0.2) is 16.6 Å². The molecule has 98 valence electrons. The second-order valence-electron chi connectivity index (χ2n) is 3.97. The Hall–Kier alpha value is -1.36. The normalized spacial score (nSPS) is 11.7. The van der Waals surface area contributed by atoms with Crippen molar-refractivity contribution < 1.29 is 9.59 Å². The molecule has 0 radical (unpaired) electrons. The van der Waals surface area contributed by atoms with Crippen LogP contribution >= 0.6 is 15.9 Å². The Morgan fingerprint density at radius 3 is 2.39 bits per heavy atom. The van der Waals surface area contributed by atoms with E-state index in [0.29, 0.717) is 6.54 Å². The first-order valence-electron chi connectivity index (χ1n) is 5.81. The molecule has 4 nitrogen and oxygen atoms in total. The molecule has 1 aromatic rings. The number of halogens is 1. The summed E-state index contributed by atoms with van der Waals surface area (Å²) < 4.78 is 0. The molecule has 0 bridgehead atoms. The van der Waals surface area contributed by atoms with E-state index in [2.05, 4.69) is 26.6 Å². The number of nitrogens with one attached hydrogen (secondary N) is 2. The third kappa shape index (κ3) is 4.87. The van der Waals surface area contributed by atoms with E-state index in [1.165, 1.54) is 6.92 Å². The third-order valence-corrected chi connectivity index (χ3v) is 3.45. The fourth-order valence-electron chi connectivity index (χ4n) is 1.39. The number of hydrogen-bond donors (Lipinski definition) is 2. The number of benzene rings is 1. The van der Waals surface area contributed by atoms with Gasteiger partial charge in [0.25, 0.3) is 0 Å². The topological polar surface area (TPSA) is 58.2 Å². The number of rotatable bonds is 5. The lowest BCUT2D eigenvalue weighted by molar-refractivity contribution is -0.120. The first kappa shape index (κ1) is 14.7. The quantitative estimate of drug-likeness (QED) is 0.820. The molecule has 5 heteroatoms. The van der Waals surface area contributed by atoms with Gasteiger partial charge in [-0.15, -0.1) is 0 Å². The molecule has 0 aromatic heterocycles. The largest absolute Gasteiger partial charge is 0.351 e. The van der Waals surface area contributed by atoms with Crippen LogP contribution in [0.25, 0.3) is 0 Å². The van der Waals surface area contributed by atoms with Gasteiger partial charge in [-0.05, 0) is 24.1 Å². The van der Waals surface area contributed by atoms with Crippen LogP contribution < -0.4 is 10.6 Å². The molecule has 0 aliphatic carbocycles. The van der Waals surface area contributed by atoms with Gasteiger partial charge in [0.1, 0.15) is 0 Å². The molecule has 0 saturated carbocycles. The van der Waals surface area contributed by atoms with Crippen LogP contribution in [0.2, 0.25) is 0 Å². The predicted molar refractivity (Wildman–Crippen MR) is 75.6 cm³/mol. The highest BCUT2D eigenvalue weighted by Gasteiger charge is 2.11. The zero-order valence-corrected chi connectivity index (χ0v) is 12.1. The summed E-state index contributed by atoms with van der Waals surface area (Å²) >= 11 is 3.29. The van der Waals surface area contributed by atoms with Crippen LogP contribution in [0.5, 0.6) is 0 Å². The van der Waals surface area contributed by atoms with Crippen molar-refractivity contribution in [3.63, 3.8) is 0 Å². The first-order valence-corrected chi connectivity index (χ1v) is 6.72. The van der Waals surface area contributed by atoms with E-state index in [1.54, 1.807) is 0 Å². The molecule has 2 amide bonds. The molecule has 0 saturated heterocycles. The number of carbonyl (C=O) groups is 2. The second kappa shape index (κ2) is 7.16. The van der Waals surface area contributed by atoms with Gasteiger partial charge in [-0.3, -0.25) is 9.59 Å². The van der Waals surface area contributed by atoms with Gasteiger partial charge in [-0.2, -0.15) is 0 Å². The molecule has 1 rings (SSSR count). The average molecular weight is 313 g/mol. The second-order valence-corrected chi connectivity index (χ2v) is 5.08. The van der Waals surface area contributed by atoms with Crippen LogP contribution in [0.4, 0.5) is 5.69 Å². The van der Waals surface area contributed by atoms with Crippen LogP contribution in [0, 0.1) is 0 Å². The zero-order chi connectivity index (χ0) is 13.5. The highest BCUT2D eigenvalue weighted by atomic mass is 79.9. The summed E-state index contributed by atoms with van der Waals surface area (Å²) in [4.78, 5) is 22.3. The molecular formula is C13H17BrN2O2. The van der Waals surface area contributed by atoms with E-state index in [9.17, 15) is 9.59 Å². The standard InChI is InChI=1S/C13H17BrN2O2/c1-3-12(14)13(18)15-8-10-4-6-11(7-5-10)16-9(2)17/h4-7,12H,3,8H2,1-2H3,(H,15,18)(H,16,17). The molecule has 1 aromatic carbocycles. The molecule has 0 spiro atoms. The smallest absolute Gasteiger partial charge is 0.234 e. The predicted octanol–water partition coefficient (Wildman–Crippen LogP) is 2.43. The van der Waals surface area contributed by atoms with Gasteiger partial charge in [-0.1, -0.05) is 35.0 Å². The number of carbonyl (C=O) groups excluding carboxylic acids is 2. The van der Waals surface area contributed by atoms with Crippen LogP contribution in [0.15, 0.2) is 24.3 Å². The summed E-state index contributed by atoms with van der Waals surface area (Å²) in [5, 5.41) is 5.53. The monoisotopic (exact) mass is 312 g/mol. The van der Waals surface area contributed by atoms with Gasteiger partial charge >= 0.3 is 0 Å². The minimum absolute atomic E-state index is 0.0107. The van der Waals surface area contributed by atoms with Crippen molar-refractivity contribution in [2.45, 2.75) is 31.6 Å². The van der Waals surface area contributed by atoms with Crippen molar-refractivity contribution in [3.8, 4) is 0 Å². The van der Waals surface area contributed by atoms with Gasteiger partial charge < -0.3 is 10.6 Å². The third-order valence-electron chi connectivity index (χ3n) is 2.38. The van der Waals surface area contributed by atoms with Crippen LogP contribution in [0.1, 0.15) is 25.8 Å². The Labute approximate surface area is 115 Å². The summed E-state index contributed by atoms with van der Waals surface area (Å²) in [5.41, 5.74) is 1.75. The highest BCUT2D eigenvalue weighted by Crippen LogP contribution is 2.10. The Balaban J connectivity index is 2.49. The Morgan fingerprint density at radius 1 is 1.28 bits per heavy atom. The maximum Gasteiger partial charge on any atom is 0.234 e. The van der Waals surface area contributed by atoms with E-state index < -0.39 is 0 Å². The summed E-state index contributed by atoms with van der Waals surface area (Å²) in [7, 11) is 0. The van der Waals surface area contributed by atoms with Gasteiger partial charge in [0, 0.05) is 19.2 Å². The van der Waals surface area contributed by atoms with Gasteiger partial charge in [0.2, 0.25) is 11.8 Å². The van der Waals surface area contributed by atoms with E-state index in [4.69, 9.17) is 0 Å². The minimum Gasteiger partial charge on any atom is -0.351 e. The van der Waals surface area contributed by atoms with Crippen molar-refractivity contribution in [1.29, 1.82) is 0 Å². The summed E-state index contributed by atoms with van der Waals surface area (Å²) in [5.74, 6) is -0.107. The Morgan fingerprint density at radius 2 is 1.89 bits per heavy atom. The first-order chi connectivity index (χ1) is 8.52. The van der Waals surface area contributed by atoms with Gasteiger partial charge in [-0.25, -0.2) is 0 Å². The maximum absolute atomic E-state index is 11.5. The van der Waals surface area contributed by atoms with E-state index in [-0.39, 0.29) is 16.6 Å². The van der Waals surface area contributed by atoms with Crippen LogP contribution in [0.3, 0.4) is 0 Å². The summed E-state index contributed by atoms with van der Waals surface area (Å²) in [6.07, 6.45) is 0.757. The van der Waals surface area contributed by atoms with Crippen molar-refractivity contribution >= 4 is 33.4 Å². The fourth-order valence-corrected chi connectivity index (χ4v) is 1.56. The molecule has 2 N–H and O–H groups in total. The number of anilines is 1. The molecule has 0 aliphatic heterocycles. The SMILES string of the molecule is CCC(Br)C(=O)NCc1ccc(NC(C)=O)cc1. The lowest BCUT2D eigenvalue weighted by Gasteiger charge is -2.09. The van der Waals surface area contributed by atoms with Crippen LogP contribution in [-0.2, 0) is 16.1 Å². The molecule has 0 heterocycles. The van der Waals surface area contributed by atoms with Crippen molar-refractivity contribution in [2.75, 3.05) is 5.32 Å². The molecule has 1 atom stereocenters. The fraction of sp³-hybridized carbons (Fsp3) is 0.385. The number of hydrogen-bond acceptors (Lipinski definition) is 2. The highest BCUT2D eigenvalue weighted by molar-refractivity contribution is 9.10. The van der Waals surface area contributed by atoms with Crippen molar-refractivity contribution in [2.24, 2.45) is 0 Å². The lowest BCUT2D eigenvalue weighted by atomic mass is 10.2. The van der Waals surface area contributed by atoms with E-state index in [1.807, 2.05) is 31.2 Å². The molecule has 0 aliphatic rings. The number of alkyl halides is 1. The van der Waals surface area contributed by atoms with E-state index >= 15 is 0 Å². The zero-order valence-electron chi connectivity index (χ0n) is 10.5. The van der Waals surface area contributed by atoms with Gasteiger partial charge in [0.15, 0.2) is 0 Å².